The zero-order valence-electron chi connectivity index (χ0n) is 11.6. The molecule has 0 aliphatic carbocycles. The lowest BCUT2D eigenvalue weighted by atomic mass is 10.0. The van der Waals surface area contributed by atoms with Gasteiger partial charge in [0.2, 0.25) is 0 Å². The fourth-order valence-electron chi connectivity index (χ4n) is 1.14. The zero-order valence-corrected chi connectivity index (χ0v) is 11.6. The maximum Gasteiger partial charge on any atom is 0.407 e. The minimum absolute atomic E-state index is 0.0793. The van der Waals surface area contributed by atoms with Crippen LogP contribution in [0.5, 0.6) is 0 Å². The van der Waals surface area contributed by atoms with Crippen LogP contribution in [0.1, 0.15) is 41.0 Å². The summed E-state index contributed by atoms with van der Waals surface area (Å²) >= 11 is 0. The number of aliphatic hydroxyl groups is 1. The Morgan fingerprint density at radius 1 is 1.24 bits per heavy atom. The Hall–Kier alpha value is -0.810. The van der Waals surface area contributed by atoms with Gasteiger partial charge in [0.15, 0.2) is 0 Å². The van der Waals surface area contributed by atoms with Crippen molar-refractivity contribution in [3.05, 3.63) is 0 Å². The molecule has 0 rings (SSSR count). The molecule has 0 aliphatic heterocycles. The van der Waals surface area contributed by atoms with E-state index in [9.17, 15) is 9.90 Å². The first-order chi connectivity index (χ1) is 7.72. The Bertz CT molecular complexity index is 232. The van der Waals surface area contributed by atoms with Crippen molar-refractivity contribution >= 4 is 6.09 Å². The highest BCUT2D eigenvalue weighted by atomic mass is 16.6. The summed E-state index contributed by atoms with van der Waals surface area (Å²) in [6, 6.07) is 0. The molecule has 1 amide bonds. The summed E-state index contributed by atoms with van der Waals surface area (Å²) in [5.74, 6) is 0. The summed E-state index contributed by atoms with van der Waals surface area (Å²) in [4.78, 5) is 11.3. The minimum Gasteiger partial charge on any atom is -0.444 e. The van der Waals surface area contributed by atoms with Crippen molar-refractivity contribution in [3.63, 3.8) is 0 Å². The predicted molar refractivity (Wildman–Crippen MR) is 68.0 cm³/mol. The van der Waals surface area contributed by atoms with E-state index in [1.54, 1.807) is 0 Å². The first kappa shape index (κ1) is 16.2. The Morgan fingerprint density at radius 3 is 2.24 bits per heavy atom. The Kier molecular flexibility index (Phi) is 6.49. The third-order valence-electron chi connectivity index (χ3n) is 2.47. The van der Waals surface area contributed by atoms with E-state index in [-0.39, 0.29) is 12.1 Å². The van der Waals surface area contributed by atoms with Gasteiger partial charge in [-0.05, 0) is 34.1 Å². The average molecular weight is 246 g/mol. The van der Waals surface area contributed by atoms with Gasteiger partial charge in [0, 0.05) is 18.6 Å². The molecule has 0 aliphatic rings. The van der Waals surface area contributed by atoms with Crippen molar-refractivity contribution in [3.8, 4) is 0 Å². The van der Waals surface area contributed by atoms with Gasteiger partial charge in [-0.25, -0.2) is 4.79 Å². The molecule has 1 atom stereocenters. The third-order valence-corrected chi connectivity index (χ3v) is 2.47. The van der Waals surface area contributed by atoms with Crippen LogP contribution in [0, 0.1) is 0 Å². The fourth-order valence-corrected chi connectivity index (χ4v) is 1.14. The van der Waals surface area contributed by atoms with Gasteiger partial charge in [-0.15, -0.1) is 0 Å². The van der Waals surface area contributed by atoms with Crippen LogP contribution in [0.2, 0.25) is 0 Å². The molecule has 0 fully saturated rings. The van der Waals surface area contributed by atoms with Gasteiger partial charge in [-0.3, -0.25) is 0 Å². The molecule has 0 saturated heterocycles. The summed E-state index contributed by atoms with van der Waals surface area (Å²) < 4.78 is 5.10. The fraction of sp³-hybridized carbons (Fsp3) is 0.917. The molecule has 5 nitrogen and oxygen atoms in total. The number of carbonyl (C=O) groups is 1. The van der Waals surface area contributed by atoms with Crippen LogP contribution < -0.4 is 10.6 Å². The summed E-state index contributed by atoms with van der Waals surface area (Å²) in [5.41, 5.74) is -0.754. The third kappa shape index (κ3) is 7.99. The molecular weight excluding hydrogens is 220 g/mol. The number of aliphatic hydroxyl groups excluding tert-OH is 1. The largest absolute Gasteiger partial charge is 0.444 e. The van der Waals surface area contributed by atoms with Crippen molar-refractivity contribution in [1.29, 1.82) is 0 Å². The molecule has 3 N–H and O–H groups in total. The number of hydrogen-bond donors (Lipinski definition) is 3. The van der Waals surface area contributed by atoms with E-state index in [0.29, 0.717) is 13.1 Å². The van der Waals surface area contributed by atoms with E-state index in [0.717, 1.165) is 6.42 Å². The van der Waals surface area contributed by atoms with Crippen LogP contribution in [0.25, 0.3) is 0 Å². The highest BCUT2D eigenvalue weighted by molar-refractivity contribution is 5.67. The lowest BCUT2D eigenvalue weighted by Crippen LogP contribution is -2.48. The second-order valence-electron chi connectivity index (χ2n) is 5.43. The van der Waals surface area contributed by atoms with E-state index < -0.39 is 11.7 Å². The average Bonchev–Trinajstić information content (AvgIpc) is 2.21. The number of ether oxygens (including phenoxy) is 1. The monoisotopic (exact) mass is 246 g/mol. The van der Waals surface area contributed by atoms with Crippen molar-refractivity contribution in [2.75, 3.05) is 19.7 Å². The van der Waals surface area contributed by atoms with Crippen molar-refractivity contribution in [2.45, 2.75) is 52.2 Å². The molecule has 5 heteroatoms. The number of amides is 1. The summed E-state index contributed by atoms with van der Waals surface area (Å²) in [6.07, 6.45) is 0.414. The van der Waals surface area contributed by atoms with E-state index >= 15 is 0 Å². The summed E-state index contributed by atoms with van der Waals surface area (Å²) in [7, 11) is 0. The molecule has 1 unspecified atom stereocenters. The van der Waals surface area contributed by atoms with Crippen LogP contribution >= 0.6 is 0 Å². The van der Waals surface area contributed by atoms with Crippen LogP contribution in [0.4, 0.5) is 4.79 Å². The van der Waals surface area contributed by atoms with Crippen LogP contribution in [-0.4, -0.2) is 42.0 Å². The van der Waals surface area contributed by atoms with Gasteiger partial charge < -0.3 is 20.5 Å². The molecule has 0 spiro atoms. The maximum absolute atomic E-state index is 11.3. The van der Waals surface area contributed by atoms with Gasteiger partial charge in [0.05, 0.1) is 6.61 Å². The molecule has 102 valence electrons. The SMILES string of the molecule is CCC(C)(CO)NCCNC(=O)OC(C)(C)C. The normalized spacial score (nSPS) is 15.2. The Morgan fingerprint density at radius 2 is 1.82 bits per heavy atom. The maximum atomic E-state index is 11.3. The number of carbonyl (C=O) groups excluding carboxylic acids is 1. The molecule has 0 saturated carbocycles. The van der Waals surface area contributed by atoms with Crippen LogP contribution in [-0.2, 0) is 4.74 Å². The molecule has 0 bridgehead atoms. The predicted octanol–water partition coefficient (Wildman–Crippen LogP) is 1.26. The smallest absolute Gasteiger partial charge is 0.407 e. The second-order valence-corrected chi connectivity index (χ2v) is 5.43. The summed E-state index contributed by atoms with van der Waals surface area (Å²) in [6.45, 7) is 10.6. The van der Waals surface area contributed by atoms with Crippen molar-refractivity contribution in [1.82, 2.24) is 10.6 Å². The molecule has 0 aromatic carbocycles. The standard InChI is InChI=1S/C12H26N2O3/c1-6-12(5,9-15)14-8-7-13-10(16)17-11(2,3)4/h14-15H,6-9H2,1-5H3,(H,13,16). The highest BCUT2D eigenvalue weighted by Crippen LogP contribution is 2.07. The van der Waals surface area contributed by atoms with Crippen LogP contribution in [0.3, 0.4) is 0 Å². The van der Waals surface area contributed by atoms with Gasteiger partial charge in [-0.1, -0.05) is 6.92 Å². The highest BCUT2D eigenvalue weighted by Gasteiger charge is 2.19. The van der Waals surface area contributed by atoms with E-state index in [4.69, 9.17) is 4.74 Å². The molecule has 0 aromatic rings. The van der Waals surface area contributed by atoms with Gasteiger partial charge >= 0.3 is 6.09 Å². The van der Waals surface area contributed by atoms with Crippen LogP contribution in [0.15, 0.2) is 0 Å². The quantitative estimate of drug-likeness (QED) is 0.617. The van der Waals surface area contributed by atoms with Gasteiger partial charge in [-0.2, -0.15) is 0 Å². The lowest BCUT2D eigenvalue weighted by Gasteiger charge is -2.27. The number of nitrogens with one attached hydrogen (secondary N) is 2. The zero-order chi connectivity index (χ0) is 13.5. The molecule has 0 heterocycles. The number of alkyl carbamates (subject to hydrolysis) is 1. The summed E-state index contributed by atoms with van der Waals surface area (Å²) in [5, 5.41) is 15.0. The topological polar surface area (TPSA) is 70.6 Å². The lowest BCUT2D eigenvalue weighted by molar-refractivity contribution is 0.0526. The minimum atomic E-state index is -0.472. The second kappa shape index (κ2) is 6.81. The first-order valence-corrected chi connectivity index (χ1v) is 6.05. The number of rotatable bonds is 6. The number of hydrogen-bond acceptors (Lipinski definition) is 4. The Labute approximate surface area is 104 Å². The van der Waals surface area contributed by atoms with Crippen molar-refractivity contribution in [2.24, 2.45) is 0 Å². The van der Waals surface area contributed by atoms with Gasteiger partial charge in [0.1, 0.15) is 5.60 Å². The van der Waals surface area contributed by atoms with Gasteiger partial charge in [0.25, 0.3) is 0 Å². The van der Waals surface area contributed by atoms with E-state index in [1.807, 2.05) is 34.6 Å². The molecule has 17 heavy (non-hydrogen) atoms. The van der Waals surface area contributed by atoms with E-state index in [1.165, 1.54) is 0 Å². The molecular formula is C12H26N2O3. The Balaban J connectivity index is 3.75. The first-order valence-electron chi connectivity index (χ1n) is 6.05. The van der Waals surface area contributed by atoms with Crippen molar-refractivity contribution < 1.29 is 14.6 Å². The van der Waals surface area contributed by atoms with E-state index in [2.05, 4.69) is 10.6 Å². The molecule has 0 aromatic heterocycles. The molecule has 0 radical (unpaired) electrons.